The molecule has 0 saturated heterocycles. The van der Waals surface area contributed by atoms with Gasteiger partial charge in [-0.3, -0.25) is 0 Å². The molecule has 102 valence electrons. The molecule has 0 radical (unpaired) electrons. The number of hydrogen-bond acceptors (Lipinski definition) is 2. The van der Waals surface area contributed by atoms with Gasteiger partial charge in [0.2, 0.25) is 0 Å². The first-order valence-electron chi connectivity index (χ1n) is 6.78. The molecule has 3 nitrogen and oxygen atoms in total. The molecule has 3 rings (SSSR count). The number of aromatic amines is 1. The van der Waals surface area contributed by atoms with E-state index in [0.29, 0.717) is 6.61 Å². The Kier molecular flexibility index (Phi) is 3.18. The summed E-state index contributed by atoms with van der Waals surface area (Å²) < 4.78 is 5.88. The molecule has 0 aliphatic carbocycles. The summed E-state index contributed by atoms with van der Waals surface area (Å²) in [5.41, 5.74) is 5.68. The quantitative estimate of drug-likeness (QED) is 0.776. The standard InChI is InChI=1S/C17H18N2O/c1-11-6-5-9-15(13(11)3)20-10-16-18-14-8-4-7-12(2)17(14)19-16/h4-9H,10H2,1-3H3,(H,18,19). The fraction of sp³-hybridized carbons (Fsp3) is 0.235. The van der Waals surface area contributed by atoms with E-state index in [4.69, 9.17) is 4.74 Å². The summed E-state index contributed by atoms with van der Waals surface area (Å²) in [4.78, 5) is 7.90. The van der Waals surface area contributed by atoms with E-state index in [2.05, 4.69) is 42.9 Å². The number of para-hydroxylation sites is 1. The van der Waals surface area contributed by atoms with Crippen LogP contribution in [0.1, 0.15) is 22.5 Å². The van der Waals surface area contributed by atoms with Crippen molar-refractivity contribution in [2.45, 2.75) is 27.4 Å². The number of nitrogens with zero attached hydrogens (tertiary/aromatic N) is 1. The maximum Gasteiger partial charge on any atom is 0.146 e. The summed E-state index contributed by atoms with van der Waals surface area (Å²) in [7, 11) is 0. The van der Waals surface area contributed by atoms with Crippen molar-refractivity contribution < 1.29 is 4.74 Å². The zero-order valence-corrected chi connectivity index (χ0v) is 12.0. The second kappa shape index (κ2) is 5.00. The first-order chi connectivity index (χ1) is 9.65. The van der Waals surface area contributed by atoms with Crippen molar-refractivity contribution in [3.05, 3.63) is 58.9 Å². The van der Waals surface area contributed by atoms with Crippen LogP contribution >= 0.6 is 0 Å². The van der Waals surface area contributed by atoms with Crippen LogP contribution in [0.5, 0.6) is 5.75 Å². The Hall–Kier alpha value is -2.29. The van der Waals surface area contributed by atoms with Gasteiger partial charge in [0, 0.05) is 0 Å². The SMILES string of the molecule is Cc1cccc(OCc2nc3c(C)cccc3[nH]2)c1C. The molecule has 3 aromatic rings. The fourth-order valence-electron chi connectivity index (χ4n) is 2.32. The third-order valence-corrected chi connectivity index (χ3v) is 3.68. The van der Waals surface area contributed by atoms with Crippen LogP contribution in [0.25, 0.3) is 11.0 Å². The van der Waals surface area contributed by atoms with Gasteiger partial charge in [0.1, 0.15) is 18.2 Å². The Labute approximate surface area is 118 Å². The molecule has 20 heavy (non-hydrogen) atoms. The molecule has 2 aromatic carbocycles. The van der Waals surface area contributed by atoms with Gasteiger partial charge in [-0.15, -0.1) is 0 Å². The van der Waals surface area contributed by atoms with Gasteiger partial charge in [0.15, 0.2) is 0 Å². The minimum atomic E-state index is 0.457. The van der Waals surface area contributed by atoms with Crippen molar-refractivity contribution in [3.8, 4) is 5.75 Å². The van der Waals surface area contributed by atoms with Crippen LogP contribution in [0.15, 0.2) is 36.4 Å². The van der Waals surface area contributed by atoms with Gasteiger partial charge >= 0.3 is 0 Å². The largest absolute Gasteiger partial charge is 0.485 e. The topological polar surface area (TPSA) is 37.9 Å². The van der Waals surface area contributed by atoms with E-state index < -0.39 is 0 Å². The summed E-state index contributed by atoms with van der Waals surface area (Å²) in [6.45, 7) is 6.69. The van der Waals surface area contributed by atoms with Crippen molar-refractivity contribution in [2.75, 3.05) is 0 Å². The van der Waals surface area contributed by atoms with Crippen molar-refractivity contribution in [1.82, 2.24) is 9.97 Å². The minimum absolute atomic E-state index is 0.457. The molecule has 1 heterocycles. The Morgan fingerprint density at radius 1 is 1.00 bits per heavy atom. The lowest BCUT2D eigenvalue weighted by Gasteiger charge is -2.09. The number of hydrogen-bond donors (Lipinski definition) is 1. The van der Waals surface area contributed by atoms with E-state index in [9.17, 15) is 0 Å². The first kappa shape index (κ1) is 12.7. The van der Waals surface area contributed by atoms with Crippen LogP contribution in [0, 0.1) is 20.8 Å². The number of aryl methyl sites for hydroxylation is 2. The molecule has 0 bridgehead atoms. The lowest BCUT2D eigenvalue weighted by atomic mass is 10.1. The third kappa shape index (κ3) is 2.27. The van der Waals surface area contributed by atoms with E-state index in [1.54, 1.807) is 0 Å². The van der Waals surface area contributed by atoms with Crippen LogP contribution < -0.4 is 4.74 Å². The number of aromatic nitrogens is 2. The molecule has 0 aliphatic heterocycles. The molecule has 0 amide bonds. The molecule has 3 heteroatoms. The third-order valence-electron chi connectivity index (χ3n) is 3.68. The maximum absolute atomic E-state index is 5.88. The Morgan fingerprint density at radius 3 is 2.55 bits per heavy atom. The van der Waals surface area contributed by atoms with Crippen molar-refractivity contribution in [2.24, 2.45) is 0 Å². The number of fused-ring (bicyclic) bond motifs is 1. The first-order valence-corrected chi connectivity index (χ1v) is 6.78. The van der Waals surface area contributed by atoms with E-state index in [1.165, 1.54) is 16.7 Å². The molecule has 0 unspecified atom stereocenters. The lowest BCUT2D eigenvalue weighted by molar-refractivity contribution is 0.295. The van der Waals surface area contributed by atoms with Crippen LogP contribution in [-0.2, 0) is 6.61 Å². The van der Waals surface area contributed by atoms with Crippen LogP contribution in [-0.4, -0.2) is 9.97 Å². The summed E-state index contributed by atoms with van der Waals surface area (Å²) in [6.07, 6.45) is 0. The number of imidazole rings is 1. The molecule has 1 N–H and O–H groups in total. The van der Waals surface area contributed by atoms with E-state index in [-0.39, 0.29) is 0 Å². The Morgan fingerprint density at radius 2 is 1.75 bits per heavy atom. The van der Waals surface area contributed by atoms with Crippen LogP contribution in [0.4, 0.5) is 0 Å². The van der Waals surface area contributed by atoms with Gasteiger partial charge in [-0.2, -0.15) is 0 Å². The molecule has 0 fully saturated rings. The monoisotopic (exact) mass is 266 g/mol. The highest BCUT2D eigenvalue weighted by atomic mass is 16.5. The molecule has 0 spiro atoms. The van der Waals surface area contributed by atoms with Crippen molar-refractivity contribution >= 4 is 11.0 Å². The Balaban J connectivity index is 1.83. The lowest BCUT2D eigenvalue weighted by Crippen LogP contribution is -1.99. The molecule has 0 aliphatic rings. The van der Waals surface area contributed by atoms with Gasteiger partial charge in [-0.25, -0.2) is 4.98 Å². The molecule has 0 atom stereocenters. The number of ether oxygens (including phenoxy) is 1. The Bertz CT molecular complexity index is 759. The van der Waals surface area contributed by atoms with Crippen LogP contribution in [0.3, 0.4) is 0 Å². The highest BCUT2D eigenvalue weighted by molar-refractivity contribution is 5.78. The second-order valence-electron chi connectivity index (χ2n) is 5.14. The number of rotatable bonds is 3. The predicted molar refractivity (Wildman–Crippen MR) is 81.1 cm³/mol. The molecule has 1 aromatic heterocycles. The number of nitrogens with one attached hydrogen (secondary N) is 1. The van der Waals surface area contributed by atoms with Gasteiger partial charge in [-0.05, 0) is 49.6 Å². The zero-order valence-electron chi connectivity index (χ0n) is 12.0. The summed E-state index contributed by atoms with van der Waals surface area (Å²) in [6, 6.07) is 12.2. The van der Waals surface area contributed by atoms with Crippen molar-refractivity contribution in [3.63, 3.8) is 0 Å². The molecular weight excluding hydrogens is 248 g/mol. The minimum Gasteiger partial charge on any atom is -0.485 e. The summed E-state index contributed by atoms with van der Waals surface area (Å²) in [5.74, 6) is 1.78. The number of H-pyrrole nitrogens is 1. The van der Waals surface area contributed by atoms with Gasteiger partial charge in [0.05, 0.1) is 11.0 Å². The smallest absolute Gasteiger partial charge is 0.146 e. The van der Waals surface area contributed by atoms with Gasteiger partial charge in [-0.1, -0.05) is 24.3 Å². The summed E-state index contributed by atoms with van der Waals surface area (Å²) >= 11 is 0. The number of benzene rings is 2. The highest BCUT2D eigenvalue weighted by Crippen LogP contribution is 2.22. The molecule has 0 saturated carbocycles. The van der Waals surface area contributed by atoms with E-state index in [1.807, 2.05) is 24.3 Å². The fourth-order valence-corrected chi connectivity index (χ4v) is 2.32. The predicted octanol–water partition coefficient (Wildman–Crippen LogP) is 4.07. The van der Waals surface area contributed by atoms with Gasteiger partial charge < -0.3 is 9.72 Å². The van der Waals surface area contributed by atoms with E-state index >= 15 is 0 Å². The zero-order chi connectivity index (χ0) is 14.1. The normalized spacial score (nSPS) is 10.9. The summed E-state index contributed by atoms with van der Waals surface area (Å²) in [5, 5.41) is 0. The van der Waals surface area contributed by atoms with Gasteiger partial charge in [0.25, 0.3) is 0 Å². The average molecular weight is 266 g/mol. The second-order valence-corrected chi connectivity index (χ2v) is 5.14. The van der Waals surface area contributed by atoms with Crippen LogP contribution in [0.2, 0.25) is 0 Å². The molecular formula is C17H18N2O. The van der Waals surface area contributed by atoms with Crippen molar-refractivity contribution in [1.29, 1.82) is 0 Å². The van der Waals surface area contributed by atoms with E-state index in [0.717, 1.165) is 22.6 Å². The maximum atomic E-state index is 5.88. The average Bonchev–Trinajstić information content (AvgIpc) is 2.85. The highest BCUT2D eigenvalue weighted by Gasteiger charge is 2.07.